The van der Waals surface area contributed by atoms with Gasteiger partial charge in [-0.15, -0.1) is 11.3 Å². The molecule has 0 aliphatic rings. The van der Waals surface area contributed by atoms with Crippen LogP contribution in [0.1, 0.15) is 20.9 Å². The summed E-state index contributed by atoms with van der Waals surface area (Å²) in [5.74, 6) is 6.70. The van der Waals surface area contributed by atoms with Crippen LogP contribution in [0.5, 0.6) is 11.5 Å². The fourth-order valence-corrected chi connectivity index (χ4v) is 3.72. The topological polar surface area (TPSA) is 55.8 Å². The van der Waals surface area contributed by atoms with E-state index in [1.807, 2.05) is 49.4 Å². The van der Waals surface area contributed by atoms with Crippen molar-refractivity contribution in [3.63, 3.8) is 0 Å². The molecule has 0 fully saturated rings. The fraction of sp³-hybridized carbons (Fsp3) is 0.160. The number of carboxylic acids is 1. The molecule has 0 amide bonds. The first-order valence-electron chi connectivity index (χ1n) is 9.53. The van der Waals surface area contributed by atoms with Crippen molar-refractivity contribution in [3.8, 4) is 23.3 Å². The van der Waals surface area contributed by atoms with Gasteiger partial charge in [-0.1, -0.05) is 39.9 Å². The normalized spacial score (nSPS) is 10.9. The number of rotatable bonds is 7. The van der Waals surface area contributed by atoms with E-state index in [1.54, 1.807) is 23.5 Å². The number of aryl methyl sites for hydroxylation is 2. The van der Waals surface area contributed by atoms with Gasteiger partial charge in [-0.25, -0.2) is 4.79 Å². The molecular weight excluding hydrogens is 476 g/mol. The lowest BCUT2D eigenvalue weighted by molar-refractivity contribution is -0.139. The van der Waals surface area contributed by atoms with Crippen LogP contribution in [-0.2, 0) is 4.79 Å². The maximum absolute atomic E-state index is 10.7. The zero-order valence-electron chi connectivity index (χ0n) is 17.1. The Labute approximate surface area is 194 Å². The van der Waals surface area contributed by atoms with Crippen LogP contribution in [0.3, 0.4) is 0 Å². The van der Waals surface area contributed by atoms with Crippen molar-refractivity contribution >= 4 is 38.8 Å². The van der Waals surface area contributed by atoms with Gasteiger partial charge in [0.25, 0.3) is 0 Å². The average Bonchev–Trinajstić information content (AvgIpc) is 3.15. The number of carbonyl (C=O) groups is 1. The summed E-state index contributed by atoms with van der Waals surface area (Å²) in [5, 5.41) is 8.75. The number of hydrogen-bond donors (Lipinski definition) is 1. The molecule has 0 unspecified atom stereocenters. The largest absolute Gasteiger partial charge is 0.489 e. The molecule has 3 rings (SSSR count). The molecule has 0 radical (unpaired) electrons. The van der Waals surface area contributed by atoms with Crippen LogP contribution in [0, 0.1) is 25.7 Å². The van der Waals surface area contributed by atoms with E-state index < -0.39 is 5.97 Å². The van der Waals surface area contributed by atoms with Crippen LogP contribution in [0.25, 0.3) is 5.57 Å². The standard InChI is InChI=1S/C25H21BrO4S/c1-17-15-22(9-12-24(17)30-16-25(27)28)29-14-13-20(19-4-7-21(26)8-5-19)6-11-23-10-3-18(2)31-23/h3-5,7-10,12-13,15H,14,16H2,1-2H3,(H,27,28)/b20-13+. The molecule has 0 aliphatic carbocycles. The predicted molar refractivity (Wildman–Crippen MR) is 128 cm³/mol. The molecule has 0 saturated carbocycles. The highest BCUT2D eigenvalue weighted by atomic mass is 79.9. The minimum absolute atomic E-state index is 0.346. The summed E-state index contributed by atoms with van der Waals surface area (Å²) in [6.45, 7) is 3.89. The minimum atomic E-state index is -1.01. The second-order valence-corrected chi connectivity index (χ2v) is 8.91. The van der Waals surface area contributed by atoms with E-state index in [4.69, 9.17) is 14.6 Å². The number of thiophene rings is 1. The Morgan fingerprint density at radius 1 is 1.10 bits per heavy atom. The Morgan fingerprint density at radius 2 is 1.87 bits per heavy atom. The monoisotopic (exact) mass is 496 g/mol. The Morgan fingerprint density at radius 3 is 2.52 bits per heavy atom. The first kappa shape index (κ1) is 22.7. The van der Waals surface area contributed by atoms with Crippen molar-refractivity contribution in [3.05, 3.63) is 86.0 Å². The zero-order chi connectivity index (χ0) is 22.2. The summed E-state index contributed by atoms with van der Waals surface area (Å²) >= 11 is 5.14. The average molecular weight is 497 g/mol. The zero-order valence-corrected chi connectivity index (χ0v) is 19.5. The third-order valence-electron chi connectivity index (χ3n) is 4.25. The van der Waals surface area contributed by atoms with E-state index in [0.717, 1.165) is 26.0 Å². The van der Waals surface area contributed by atoms with Crippen LogP contribution >= 0.6 is 27.3 Å². The molecule has 0 atom stereocenters. The lowest BCUT2D eigenvalue weighted by Crippen LogP contribution is -2.10. The molecule has 0 aliphatic heterocycles. The van der Waals surface area contributed by atoms with Gasteiger partial charge < -0.3 is 14.6 Å². The van der Waals surface area contributed by atoms with Crippen molar-refractivity contribution in [2.24, 2.45) is 0 Å². The van der Waals surface area contributed by atoms with Crippen LogP contribution in [0.2, 0.25) is 0 Å². The van der Waals surface area contributed by atoms with Gasteiger partial charge in [0.1, 0.15) is 18.1 Å². The number of allylic oxidation sites excluding steroid dienone is 1. The number of carboxylic acid groups (broad SMARTS) is 1. The molecule has 3 aromatic rings. The van der Waals surface area contributed by atoms with Gasteiger partial charge in [0.15, 0.2) is 6.61 Å². The van der Waals surface area contributed by atoms with Crippen molar-refractivity contribution in [1.82, 2.24) is 0 Å². The Balaban J connectivity index is 1.75. The second-order valence-electron chi connectivity index (χ2n) is 6.71. The van der Waals surface area contributed by atoms with Crippen LogP contribution in [0.15, 0.2) is 65.1 Å². The second kappa shape index (κ2) is 10.9. The molecule has 158 valence electrons. The number of aliphatic carboxylic acids is 1. The summed E-state index contributed by atoms with van der Waals surface area (Å²) in [5.41, 5.74) is 2.71. The van der Waals surface area contributed by atoms with Crippen molar-refractivity contribution < 1.29 is 19.4 Å². The molecule has 2 aromatic carbocycles. The van der Waals surface area contributed by atoms with Crippen molar-refractivity contribution in [1.29, 1.82) is 0 Å². The van der Waals surface area contributed by atoms with Crippen molar-refractivity contribution in [2.45, 2.75) is 13.8 Å². The quantitative estimate of drug-likeness (QED) is 0.401. The first-order valence-corrected chi connectivity index (χ1v) is 11.1. The molecule has 1 aromatic heterocycles. The fourth-order valence-electron chi connectivity index (χ4n) is 2.74. The summed E-state index contributed by atoms with van der Waals surface area (Å²) in [7, 11) is 0. The Hall–Kier alpha value is -3.01. The smallest absolute Gasteiger partial charge is 0.341 e. The van der Waals surface area contributed by atoms with Crippen LogP contribution < -0.4 is 9.47 Å². The molecular formula is C25H21BrO4S. The lowest BCUT2D eigenvalue weighted by Gasteiger charge is -2.10. The molecule has 31 heavy (non-hydrogen) atoms. The molecule has 0 bridgehead atoms. The van der Waals surface area contributed by atoms with E-state index in [9.17, 15) is 4.79 Å². The predicted octanol–water partition coefficient (Wildman–Crippen LogP) is 6.10. The maximum atomic E-state index is 10.7. The third kappa shape index (κ3) is 7.02. The molecule has 0 spiro atoms. The number of halogens is 1. The summed E-state index contributed by atoms with van der Waals surface area (Å²) in [4.78, 5) is 12.9. The number of ether oxygens (including phenoxy) is 2. The van der Waals surface area contributed by atoms with Gasteiger partial charge in [0.05, 0.1) is 4.88 Å². The lowest BCUT2D eigenvalue weighted by atomic mass is 10.1. The van der Waals surface area contributed by atoms with Gasteiger partial charge in [0, 0.05) is 14.9 Å². The molecule has 4 nitrogen and oxygen atoms in total. The summed E-state index contributed by atoms with van der Waals surface area (Å²) < 4.78 is 12.1. The van der Waals surface area contributed by atoms with E-state index >= 15 is 0 Å². The van der Waals surface area contributed by atoms with E-state index in [2.05, 4.69) is 40.8 Å². The highest BCUT2D eigenvalue weighted by Crippen LogP contribution is 2.24. The Kier molecular flexibility index (Phi) is 7.94. The molecule has 0 saturated heterocycles. The van der Waals surface area contributed by atoms with Gasteiger partial charge in [-0.3, -0.25) is 0 Å². The van der Waals surface area contributed by atoms with Gasteiger partial charge in [0.2, 0.25) is 0 Å². The number of hydrogen-bond acceptors (Lipinski definition) is 4. The van der Waals surface area contributed by atoms with Gasteiger partial charge in [-0.05, 0) is 73.5 Å². The SMILES string of the molecule is Cc1ccc(C#C/C(=C\COc2ccc(OCC(=O)O)c(C)c2)c2ccc(Br)cc2)s1. The Bertz CT molecular complexity index is 1150. The highest BCUT2D eigenvalue weighted by Gasteiger charge is 2.05. The maximum Gasteiger partial charge on any atom is 0.341 e. The van der Waals surface area contributed by atoms with Crippen LogP contribution in [-0.4, -0.2) is 24.3 Å². The molecule has 6 heteroatoms. The summed E-state index contributed by atoms with van der Waals surface area (Å²) in [6.07, 6.45) is 1.96. The molecule has 1 N–H and O–H groups in total. The van der Waals surface area contributed by atoms with E-state index in [-0.39, 0.29) is 6.61 Å². The van der Waals surface area contributed by atoms with Crippen molar-refractivity contribution in [2.75, 3.05) is 13.2 Å². The summed E-state index contributed by atoms with van der Waals surface area (Å²) in [6, 6.07) is 17.4. The highest BCUT2D eigenvalue weighted by molar-refractivity contribution is 9.10. The minimum Gasteiger partial charge on any atom is -0.489 e. The van der Waals surface area contributed by atoms with E-state index in [1.165, 1.54) is 4.88 Å². The van der Waals surface area contributed by atoms with E-state index in [0.29, 0.717) is 18.1 Å². The van der Waals surface area contributed by atoms with Gasteiger partial charge in [-0.2, -0.15) is 0 Å². The van der Waals surface area contributed by atoms with Gasteiger partial charge >= 0.3 is 5.97 Å². The van der Waals surface area contributed by atoms with Crippen LogP contribution in [0.4, 0.5) is 0 Å². The third-order valence-corrected chi connectivity index (χ3v) is 5.70. The number of benzene rings is 2. The molecule has 1 heterocycles. The first-order chi connectivity index (χ1) is 14.9.